The van der Waals surface area contributed by atoms with Crippen LogP contribution in [0.4, 0.5) is 0 Å². The fraction of sp³-hybridized carbons (Fsp3) is 0.200. The predicted molar refractivity (Wildman–Crippen MR) is 119 cm³/mol. The van der Waals surface area contributed by atoms with Crippen molar-refractivity contribution in [2.45, 2.75) is 19.3 Å². The van der Waals surface area contributed by atoms with Crippen molar-refractivity contribution in [2.24, 2.45) is 5.16 Å². The molecule has 0 amide bonds. The maximum Gasteiger partial charge on any atom is 0.341 e. The van der Waals surface area contributed by atoms with Crippen molar-refractivity contribution < 1.29 is 19.5 Å². The van der Waals surface area contributed by atoms with E-state index in [1.807, 2.05) is 67.0 Å². The van der Waals surface area contributed by atoms with E-state index in [-0.39, 0.29) is 6.61 Å². The third-order valence-corrected chi connectivity index (χ3v) is 5.14. The number of aromatic amines is 1. The Bertz CT molecular complexity index is 1090. The van der Waals surface area contributed by atoms with Crippen LogP contribution in [0.2, 0.25) is 0 Å². The molecule has 0 atom stereocenters. The predicted octanol–water partition coefficient (Wildman–Crippen LogP) is 4.47. The molecule has 158 valence electrons. The number of aromatic nitrogens is 1. The molecule has 1 aliphatic rings. The second-order valence-electron chi connectivity index (χ2n) is 7.38. The second kappa shape index (κ2) is 9.80. The molecule has 0 aliphatic heterocycles. The average Bonchev–Trinajstić information content (AvgIpc) is 3.30. The van der Waals surface area contributed by atoms with Crippen molar-refractivity contribution in [1.82, 2.24) is 4.98 Å². The quantitative estimate of drug-likeness (QED) is 0.398. The number of aliphatic carboxylic acids is 1. The molecular weight excluding hydrogens is 392 g/mol. The van der Waals surface area contributed by atoms with Gasteiger partial charge in [0.15, 0.2) is 6.61 Å². The molecule has 0 bridgehead atoms. The molecule has 0 saturated heterocycles. The number of rotatable bonds is 9. The molecule has 1 aliphatic carbocycles. The fourth-order valence-electron chi connectivity index (χ4n) is 3.62. The van der Waals surface area contributed by atoms with Gasteiger partial charge in [-0.2, -0.15) is 0 Å². The highest BCUT2D eigenvalue weighted by Gasteiger charge is 2.16. The second-order valence-corrected chi connectivity index (χ2v) is 7.38. The lowest BCUT2D eigenvalue weighted by molar-refractivity contribution is -0.139. The van der Waals surface area contributed by atoms with E-state index < -0.39 is 5.97 Å². The summed E-state index contributed by atoms with van der Waals surface area (Å²) >= 11 is 0. The van der Waals surface area contributed by atoms with E-state index in [2.05, 4.69) is 16.2 Å². The Hall–Kier alpha value is -3.80. The van der Waals surface area contributed by atoms with Crippen molar-refractivity contribution in [3.05, 3.63) is 94.8 Å². The standard InChI is InChI=1S/C25H24N2O4/c28-25(29)17-30-24-8-4-7-21-13-19(9-10-22(21)24)16-31-27-23(14-18-11-12-26-15-18)20-5-2-1-3-6-20/h1-8,11-13,15,26H,9-10,14,16-17H2,(H,28,29)/b27-23+. The maximum atomic E-state index is 10.8. The minimum absolute atomic E-state index is 0.339. The zero-order valence-corrected chi connectivity index (χ0v) is 17.1. The molecule has 2 N–H and O–H groups in total. The molecule has 0 spiro atoms. The summed E-state index contributed by atoms with van der Waals surface area (Å²) in [6, 6.07) is 17.8. The van der Waals surface area contributed by atoms with Crippen LogP contribution in [0.5, 0.6) is 5.75 Å². The van der Waals surface area contributed by atoms with Gasteiger partial charge < -0.3 is 19.7 Å². The van der Waals surface area contributed by atoms with Crippen LogP contribution >= 0.6 is 0 Å². The highest BCUT2D eigenvalue weighted by Crippen LogP contribution is 2.31. The summed E-state index contributed by atoms with van der Waals surface area (Å²) in [7, 11) is 0. The van der Waals surface area contributed by atoms with Crippen LogP contribution < -0.4 is 4.74 Å². The third-order valence-electron chi connectivity index (χ3n) is 5.14. The number of oxime groups is 1. The number of nitrogens with one attached hydrogen (secondary N) is 1. The van der Waals surface area contributed by atoms with Crippen LogP contribution in [0.15, 0.2) is 77.7 Å². The molecule has 2 aromatic carbocycles. The molecule has 31 heavy (non-hydrogen) atoms. The largest absolute Gasteiger partial charge is 0.482 e. The Balaban J connectivity index is 1.46. The van der Waals surface area contributed by atoms with Gasteiger partial charge in [0.25, 0.3) is 0 Å². The summed E-state index contributed by atoms with van der Waals surface area (Å²) in [5.74, 6) is -0.350. The number of ether oxygens (including phenoxy) is 1. The van der Waals surface area contributed by atoms with Gasteiger partial charge in [-0.15, -0.1) is 0 Å². The van der Waals surface area contributed by atoms with Gasteiger partial charge in [0.1, 0.15) is 12.4 Å². The van der Waals surface area contributed by atoms with Crippen molar-refractivity contribution in [3.63, 3.8) is 0 Å². The molecule has 0 fully saturated rings. The van der Waals surface area contributed by atoms with Crippen LogP contribution in [-0.2, 0) is 22.5 Å². The van der Waals surface area contributed by atoms with Crippen molar-refractivity contribution in [3.8, 4) is 5.75 Å². The number of carboxylic acid groups (broad SMARTS) is 1. The number of hydrogen-bond acceptors (Lipinski definition) is 4. The molecule has 0 radical (unpaired) electrons. The highest BCUT2D eigenvalue weighted by atomic mass is 16.6. The van der Waals surface area contributed by atoms with Gasteiger partial charge in [-0.25, -0.2) is 4.79 Å². The van der Waals surface area contributed by atoms with Crippen LogP contribution in [0.1, 0.15) is 28.7 Å². The molecule has 6 nitrogen and oxygen atoms in total. The van der Waals surface area contributed by atoms with Crippen LogP contribution in [0, 0.1) is 0 Å². The number of benzene rings is 2. The number of hydrogen-bond donors (Lipinski definition) is 2. The summed E-state index contributed by atoms with van der Waals surface area (Å²) in [5.41, 5.74) is 6.26. The molecule has 0 saturated carbocycles. The summed E-state index contributed by atoms with van der Waals surface area (Å²) in [6.45, 7) is 0.0668. The third kappa shape index (κ3) is 5.42. The Labute approximate surface area is 180 Å². The van der Waals surface area contributed by atoms with E-state index in [1.165, 1.54) is 0 Å². The van der Waals surface area contributed by atoms with Gasteiger partial charge >= 0.3 is 5.97 Å². The van der Waals surface area contributed by atoms with Crippen molar-refractivity contribution in [1.29, 1.82) is 0 Å². The molecule has 3 aromatic rings. The Morgan fingerprint density at radius 3 is 2.71 bits per heavy atom. The van der Waals surface area contributed by atoms with Crippen LogP contribution in [0.3, 0.4) is 0 Å². The number of H-pyrrole nitrogens is 1. The summed E-state index contributed by atoms with van der Waals surface area (Å²) < 4.78 is 5.43. The van der Waals surface area contributed by atoms with E-state index in [0.29, 0.717) is 18.8 Å². The SMILES string of the molecule is O=C(O)COc1cccc2c1CCC(CO/N=C(\Cc1cc[nH]c1)c1ccccc1)=C2. The zero-order chi connectivity index (χ0) is 21.5. The molecule has 1 heterocycles. The summed E-state index contributed by atoms with van der Waals surface area (Å²) in [6.07, 6.45) is 8.21. The molecular formula is C25H24N2O4. The van der Waals surface area contributed by atoms with Gasteiger partial charge in [0.05, 0.1) is 5.71 Å². The average molecular weight is 416 g/mol. The van der Waals surface area contributed by atoms with Gasteiger partial charge in [-0.1, -0.05) is 53.7 Å². The van der Waals surface area contributed by atoms with E-state index in [4.69, 9.17) is 14.7 Å². The highest BCUT2D eigenvalue weighted by molar-refractivity contribution is 6.01. The van der Waals surface area contributed by atoms with E-state index in [1.54, 1.807) is 0 Å². The van der Waals surface area contributed by atoms with E-state index >= 15 is 0 Å². The molecule has 1 aromatic heterocycles. The fourth-order valence-corrected chi connectivity index (χ4v) is 3.62. The van der Waals surface area contributed by atoms with Crippen molar-refractivity contribution in [2.75, 3.05) is 13.2 Å². The monoisotopic (exact) mass is 416 g/mol. The van der Waals surface area contributed by atoms with Gasteiger partial charge in [0.2, 0.25) is 0 Å². The first-order chi connectivity index (χ1) is 15.2. The number of fused-ring (bicyclic) bond motifs is 1. The first kappa shape index (κ1) is 20.5. The normalized spacial score (nSPS) is 13.3. The topological polar surface area (TPSA) is 83.9 Å². The van der Waals surface area contributed by atoms with Crippen LogP contribution in [0.25, 0.3) is 6.08 Å². The lowest BCUT2D eigenvalue weighted by Gasteiger charge is -2.19. The molecule has 6 heteroatoms. The zero-order valence-electron chi connectivity index (χ0n) is 17.1. The molecule has 4 rings (SSSR count). The van der Waals surface area contributed by atoms with Gasteiger partial charge in [-0.05, 0) is 47.2 Å². The Kier molecular flexibility index (Phi) is 6.47. The van der Waals surface area contributed by atoms with E-state index in [0.717, 1.165) is 46.4 Å². The maximum absolute atomic E-state index is 10.8. The summed E-state index contributed by atoms with van der Waals surface area (Å²) in [5, 5.41) is 13.3. The Morgan fingerprint density at radius 1 is 1.06 bits per heavy atom. The lowest BCUT2D eigenvalue weighted by atomic mass is 9.92. The number of carbonyl (C=O) groups is 1. The minimum Gasteiger partial charge on any atom is -0.482 e. The smallest absolute Gasteiger partial charge is 0.341 e. The Morgan fingerprint density at radius 2 is 1.94 bits per heavy atom. The summed E-state index contributed by atoms with van der Waals surface area (Å²) in [4.78, 5) is 19.6. The number of nitrogens with zero attached hydrogens (tertiary/aromatic N) is 1. The first-order valence-electron chi connectivity index (χ1n) is 10.2. The number of carboxylic acids is 1. The van der Waals surface area contributed by atoms with Gasteiger partial charge in [0, 0.05) is 24.4 Å². The van der Waals surface area contributed by atoms with Crippen molar-refractivity contribution >= 4 is 17.8 Å². The lowest BCUT2D eigenvalue weighted by Crippen LogP contribution is -2.12. The van der Waals surface area contributed by atoms with Gasteiger partial charge in [-0.3, -0.25) is 0 Å². The molecule has 0 unspecified atom stereocenters. The van der Waals surface area contributed by atoms with Crippen LogP contribution in [-0.4, -0.2) is 35.0 Å². The first-order valence-corrected chi connectivity index (χ1v) is 10.2. The van der Waals surface area contributed by atoms with E-state index in [9.17, 15) is 4.79 Å². The minimum atomic E-state index is -0.982.